The van der Waals surface area contributed by atoms with Crippen LogP contribution >= 0.6 is 0 Å². The highest BCUT2D eigenvalue weighted by Gasteiger charge is 2.37. The monoisotopic (exact) mass is 452 g/mol. The molecule has 1 amide bonds. The second kappa shape index (κ2) is 8.37. The fourth-order valence-corrected chi connectivity index (χ4v) is 6.49. The fraction of sp³-hybridized carbons (Fsp3) is 0.350. The van der Waals surface area contributed by atoms with Gasteiger partial charge in [0, 0.05) is 13.0 Å². The van der Waals surface area contributed by atoms with Crippen LogP contribution in [0.3, 0.4) is 0 Å². The lowest BCUT2D eigenvalue weighted by atomic mass is 10.1. The maximum absolute atomic E-state index is 12.9. The number of benzene rings is 2. The van der Waals surface area contributed by atoms with Crippen molar-refractivity contribution < 1.29 is 26.4 Å². The predicted octanol–water partition coefficient (Wildman–Crippen LogP) is 1.90. The quantitative estimate of drug-likeness (QED) is 0.687. The summed E-state index contributed by atoms with van der Waals surface area (Å²) in [6.45, 7) is 3.36. The first kappa shape index (κ1) is 22.3. The number of aryl methyl sites for hydroxylation is 2. The highest BCUT2D eigenvalue weighted by Crippen LogP contribution is 2.31. The van der Waals surface area contributed by atoms with E-state index in [-0.39, 0.29) is 29.3 Å². The molecule has 0 aromatic heterocycles. The Hall–Kier alpha value is -2.43. The van der Waals surface area contributed by atoms with Gasteiger partial charge in [0.15, 0.2) is 0 Å². The molecule has 0 bridgehead atoms. The number of nitrogens with zero attached hydrogens (tertiary/aromatic N) is 1. The minimum atomic E-state index is -3.82. The van der Waals surface area contributed by atoms with E-state index in [4.69, 9.17) is 4.74 Å². The summed E-state index contributed by atoms with van der Waals surface area (Å²) in [6, 6.07) is 10.2. The van der Waals surface area contributed by atoms with Crippen LogP contribution in [0.5, 0.6) is 5.75 Å². The minimum Gasteiger partial charge on any atom is -0.497 e. The molecular weight excluding hydrogens is 428 g/mol. The summed E-state index contributed by atoms with van der Waals surface area (Å²) in [4.78, 5) is 12.1. The van der Waals surface area contributed by atoms with Gasteiger partial charge in [0.2, 0.25) is 26.0 Å². The summed E-state index contributed by atoms with van der Waals surface area (Å²) in [5.74, 6) is -0.0552. The van der Waals surface area contributed by atoms with Gasteiger partial charge in [-0.15, -0.1) is 0 Å². The first-order valence-electron chi connectivity index (χ1n) is 9.35. The number of hydrogen-bond acceptors (Lipinski definition) is 6. The van der Waals surface area contributed by atoms with Gasteiger partial charge in [-0.2, -0.15) is 0 Å². The van der Waals surface area contributed by atoms with E-state index >= 15 is 0 Å². The standard InChI is InChI=1S/C20H24N2O6S2/c1-14-11-17(22-19(23)8-10-29(22,24)25)12-15(2)20(14)30(26,27)21-9-7-16-5-4-6-18(13-16)28-3/h4-6,11-13,21H,7-10H2,1-3H3. The van der Waals surface area contributed by atoms with Crippen LogP contribution in [0, 0.1) is 13.8 Å². The molecule has 0 spiro atoms. The van der Waals surface area contributed by atoms with Crippen molar-refractivity contribution in [3.05, 3.63) is 53.1 Å². The Morgan fingerprint density at radius 3 is 2.37 bits per heavy atom. The Morgan fingerprint density at radius 1 is 1.13 bits per heavy atom. The second-order valence-corrected chi connectivity index (χ2v) is 10.8. The van der Waals surface area contributed by atoms with Gasteiger partial charge in [-0.25, -0.2) is 25.9 Å². The summed E-state index contributed by atoms with van der Waals surface area (Å²) in [5, 5.41) is 0. The number of ether oxygens (including phenoxy) is 1. The number of carbonyl (C=O) groups excluding carboxylic acids is 1. The molecular formula is C20H24N2O6S2. The van der Waals surface area contributed by atoms with Crippen molar-refractivity contribution in [2.24, 2.45) is 0 Å². The molecule has 1 saturated heterocycles. The van der Waals surface area contributed by atoms with E-state index in [2.05, 4.69) is 4.72 Å². The number of methoxy groups -OCH3 is 1. The van der Waals surface area contributed by atoms with Crippen LogP contribution in [-0.4, -0.2) is 42.2 Å². The molecule has 1 heterocycles. The van der Waals surface area contributed by atoms with Gasteiger partial charge in [-0.05, 0) is 61.2 Å². The number of amides is 1. The van der Waals surface area contributed by atoms with E-state index in [1.54, 1.807) is 21.0 Å². The van der Waals surface area contributed by atoms with E-state index in [0.717, 1.165) is 9.87 Å². The largest absolute Gasteiger partial charge is 0.497 e. The maximum atomic E-state index is 12.9. The highest BCUT2D eigenvalue weighted by molar-refractivity contribution is 7.94. The minimum absolute atomic E-state index is 0.0771. The van der Waals surface area contributed by atoms with Crippen LogP contribution in [0.2, 0.25) is 0 Å². The molecule has 162 valence electrons. The smallest absolute Gasteiger partial charge is 0.242 e. The van der Waals surface area contributed by atoms with Gasteiger partial charge < -0.3 is 4.74 Å². The van der Waals surface area contributed by atoms with Gasteiger partial charge in [-0.3, -0.25) is 4.79 Å². The first-order chi connectivity index (χ1) is 14.0. The van der Waals surface area contributed by atoms with E-state index in [1.165, 1.54) is 12.1 Å². The predicted molar refractivity (Wildman–Crippen MR) is 114 cm³/mol. The Kier molecular flexibility index (Phi) is 6.21. The molecule has 30 heavy (non-hydrogen) atoms. The average Bonchev–Trinajstić information content (AvgIpc) is 2.93. The number of sulfonamides is 2. The second-order valence-electron chi connectivity index (χ2n) is 7.13. The normalized spacial score (nSPS) is 16.1. The third-order valence-electron chi connectivity index (χ3n) is 4.87. The van der Waals surface area contributed by atoms with Gasteiger partial charge in [-0.1, -0.05) is 12.1 Å². The summed E-state index contributed by atoms with van der Waals surface area (Å²) in [5.41, 5.74) is 1.84. The third kappa shape index (κ3) is 4.50. The van der Waals surface area contributed by atoms with Crippen molar-refractivity contribution in [1.82, 2.24) is 4.72 Å². The molecule has 1 fully saturated rings. The molecule has 0 aliphatic carbocycles. The molecule has 1 aliphatic rings. The first-order valence-corrected chi connectivity index (χ1v) is 12.4. The zero-order chi connectivity index (χ0) is 22.1. The summed E-state index contributed by atoms with van der Waals surface area (Å²) >= 11 is 0. The van der Waals surface area contributed by atoms with Gasteiger partial charge in [0.25, 0.3) is 0 Å². The summed E-state index contributed by atoms with van der Waals surface area (Å²) in [6.07, 6.45) is 0.402. The van der Waals surface area contributed by atoms with Gasteiger partial charge in [0.1, 0.15) is 5.75 Å². The van der Waals surface area contributed by atoms with Crippen molar-refractivity contribution >= 4 is 31.6 Å². The van der Waals surface area contributed by atoms with E-state index in [0.29, 0.717) is 23.3 Å². The SMILES string of the molecule is COc1cccc(CCNS(=O)(=O)c2c(C)cc(N3C(=O)CCS3(=O)=O)cc2C)c1. The summed E-state index contributed by atoms with van der Waals surface area (Å²) in [7, 11) is -5.97. The fourth-order valence-electron chi connectivity index (χ4n) is 3.57. The molecule has 1 aliphatic heterocycles. The molecule has 3 rings (SSSR count). The number of carbonyl (C=O) groups is 1. The van der Waals surface area contributed by atoms with Gasteiger partial charge in [0.05, 0.1) is 23.4 Å². The van der Waals surface area contributed by atoms with Crippen molar-refractivity contribution in [3.8, 4) is 5.75 Å². The number of hydrogen-bond donors (Lipinski definition) is 1. The lowest BCUT2D eigenvalue weighted by molar-refractivity contribution is -0.116. The molecule has 8 nitrogen and oxygen atoms in total. The van der Waals surface area contributed by atoms with Crippen molar-refractivity contribution in [3.63, 3.8) is 0 Å². The average molecular weight is 453 g/mol. The van der Waals surface area contributed by atoms with Crippen LogP contribution in [0.1, 0.15) is 23.1 Å². The molecule has 2 aromatic carbocycles. The van der Waals surface area contributed by atoms with Crippen molar-refractivity contribution in [2.45, 2.75) is 31.6 Å². The van der Waals surface area contributed by atoms with Crippen LogP contribution in [0.4, 0.5) is 5.69 Å². The molecule has 10 heteroatoms. The van der Waals surface area contributed by atoms with E-state index < -0.39 is 26.0 Å². The van der Waals surface area contributed by atoms with E-state index in [1.807, 2.05) is 24.3 Å². The van der Waals surface area contributed by atoms with Gasteiger partial charge >= 0.3 is 0 Å². The van der Waals surface area contributed by atoms with E-state index in [9.17, 15) is 21.6 Å². The molecule has 1 N–H and O–H groups in total. The van der Waals surface area contributed by atoms with Crippen molar-refractivity contribution in [2.75, 3.05) is 23.7 Å². The Morgan fingerprint density at radius 2 is 1.80 bits per heavy atom. The lowest BCUT2D eigenvalue weighted by Crippen LogP contribution is -2.30. The molecule has 0 atom stereocenters. The zero-order valence-electron chi connectivity index (χ0n) is 17.0. The number of rotatable bonds is 7. The topological polar surface area (TPSA) is 110 Å². The van der Waals surface area contributed by atoms with Crippen molar-refractivity contribution in [1.29, 1.82) is 0 Å². The lowest BCUT2D eigenvalue weighted by Gasteiger charge is -2.19. The van der Waals surface area contributed by atoms with Crippen LogP contribution in [-0.2, 0) is 31.3 Å². The third-order valence-corrected chi connectivity index (χ3v) is 8.32. The molecule has 2 aromatic rings. The van der Waals surface area contributed by atoms with Crippen LogP contribution in [0.25, 0.3) is 0 Å². The van der Waals surface area contributed by atoms with Crippen LogP contribution in [0.15, 0.2) is 41.3 Å². The highest BCUT2D eigenvalue weighted by atomic mass is 32.2. The number of nitrogens with one attached hydrogen (secondary N) is 1. The molecule has 0 saturated carbocycles. The zero-order valence-corrected chi connectivity index (χ0v) is 18.6. The Labute approximate surface area is 177 Å². The Balaban J connectivity index is 1.81. The summed E-state index contributed by atoms with van der Waals surface area (Å²) < 4.78 is 58.6. The molecule has 0 unspecified atom stereocenters. The molecule has 0 radical (unpaired) electrons. The van der Waals surface area contributed by atoms with Crippen LogP contribution < -0.4 is 13.8 Å². The Bertz CT molecular complexity index is 1170. The number of anilines is 1. The maximum Gasteiger partial charge on any atom is 0.242 e.